The smallest absolute Gasteiger partial charge is 0.297 e. The van der Waals surface area contributed by atoms with Gasteiger partial charge in [0.2, 0.25) is 0 Å². The van der Waals surface area contributed by atoms with Gasteiger partial charge in [0.25, 0.3) is 15.7 Å². The van der Waals surface area contributed by atoms with Crippen molar-refractivity contribution in [3.05, 3.63) is 70.8 Å². The fourth-order valence-corrected chi connectivity index (χ4v) is 3.81. The molecule has 0 heterocycles. The second kappa shape index (κ2) is 6.40. The number of sulfonamides is 1. The lowest BCUT2D eigenvalue weighted by molar-refractivity contribution is -0.384. The molecule has 8 heteroatoms. The Labute approximate surface area is 144 Å². The van der Waals surface area contributed by atoms with Gasteiger partial charge in [-0.3, -0.25) is 14.8 Å². The standard InChI is InChI=1S/C17H14N2O5S/c1-24-13-9-10-15(16(11-13)19(20)21)18-25(22,23)17-8-4-6-12-5-2-3-7-14(12)17/h2-11,18H,1H3. The van der Waals surface area contributed by atoms with Crippen LogP contribution in [0.1, 0.15) is 0 Å². The molecule has 3 rings (SSSR count). The quantitative estimate of drug-likeness (QED) is 0.555. The highest BCUT2D eigenvalue weighted by Gasteiger charge is 2.23. The van der Waals surface area contributed by atoms with Crippen molar-refractivity contribution in [1.29, 1.82) is 0 Å². The van der Waals surface area contributed by atoms with Crippen LogP contribution >= 0.6 is 0 Å². The highest BCUT2D eigenvalue weighted by atomic mass is 32.2. The topological polar surface area (TPSA) is 98.5 Å². The van der Waals surface area contributed by atoms with Gasteiger partial charge in [-0.25, -0.2) is 8.42 Å². The van der Waals surface area contributed by atoms with E-state index in [-0.39, 0.29) is 22.0 Å². The lowest BCUT2D eigenvalue weighted by atomic mass is 10.1. The SMILES string of the molecule is COc1ccc(NS(=O)(=O)c2cccc3ccccc23)c([N+](=O)[O-])c1. The van der Waals surface area contributed by atoms with E-state index in [1.54, 1.807) is 36.4 Å². The molecule has 1 N–H and O–H groups in total. The van der Waals surface area contributed by atoms with E-state index >= 15 is 0 Å². The number of nitrogens with one attached hydrogen (secondary N) is 1. The average molecular weight is 358 g/mol. The summed E-state index contributed by atoms with van der Waals surface area (Å²) in [5.74, 6) is 0.264. The Bertz CT molecular complexity index is 1060. The molecule has 0 bridgehead atoms. The Morgan fingerprint density at radius 1 is 1.04 bits per heavy atom. The number of anilines is 1. The van der Waals surface area contributed by atoms with E-state index in [4.69, 9.17) is 4.74 Å². The Balaban J connectivity index is 2.09. The van der Waals surface area contributed by atoms with E-state index in [1.165, 1.54) is 31.4 Å². The maximum atomic E-state index is 12.8. The average Bonchev–Trinajstić information content (AvgIpc) is 2.61. The lowest BCUT2D eigenvalue weighted by Crippen LogP contribution is -2.14. The number of rotatable bonds is 5. The highest BCUT2D eigenvalue weighted by molar-refractivity contribution is 7.93. The van der Waals surface area contributed by atoms with Crippen LogP contribution in [0.2, 0.25) is 0 Å². The van der Waals surface area contributed by atoms with Crippen molar-refractivity contribution in [1.82, 2.24) is 0 Å². The molecule has 128 valence electrons. The molecule has 0 aliphatic carbocycles. The van der Waals surface area contributed by atoms with Gasteiger partial charge in [0.05, 0.1) is 23.0 Å². The first kappa shape index (κ1) is 16.7. The number of nitrogens with zero attached hydrogens (tertiary/aromatic N) is 1. The second-order valence-electron chi connectivity index (χ2n) is 5.22. The van der Waals surface area contributed by atoms with Gasteiger partial charge >= 0.3 is 0 Å². The molecule has 0 unspecified atom stereocenters. The molecule has 7 nitrogen and oxygen atoms in total. The van der Waals surface area contributed by atoms with Crippen LogP contribution in [-0.2, 0) is 10.0 Å². The predicted octanol–water partition coefficient (Wildman–Crippen LogP) is 3.56. The molecular weight excluding hydrogens is 344 g/mol. The Morgan fingerprint density at radius 3 is 2.48 bits per heavy atom. The maximum absolute atomic E-state index is 12.8. The molecule has 0 aliphatic heterocycles. The third-order valence-corrected chi connectivity index (χ3v) is 5.11. The van der Waals surface area contributed by atoms with Crippen molar-refractivity contribution in [3.63, 3.8) is 0 Å². The molecule has 3 aromatic carbocycles. The van der Waals surface area contributed by atoms with Crippen LogP contribution in [-0.4, -0.2) is 20.5 Å². The van der Waals surface area contributed by atoms with Crippen molar-refractivity contribution >= 4 is 32.2 Å². The molecular formula is C17H14N2O5S. The van der Waals surface area contributed by atoms with E-state index in [1.807, 2.05) is 0 Å². The van der Waals surface area contributed by atoms with Crippen LogP contribution in [0.25, 0.3) is 10.8 Å². The van der Waals surface area contributed by atoms with Crippen molar-refractivity contribution in [2.75, 3.05) is 11.8 Å². The molecule has 25 heavy (non-hydrogen) atoms. The molecule has 0 fully saturated rings. The number of nitro groups is 1. The molecule has 0 spiro atoms. The van der Waals surface area contributed by atoms with E-state index in [9.17, 15) is 18.5 Å². The number of methoxy groups -OCH3 is 1. The third kappa shape index (κ3) is 3.24. The summed E-state index contributed by atoms with van der Waals surface area (Å²) in [6, 6.07) is 15.8. The van der Waals surface area contributed by atoms with E-state index < -0.39 is 14.9 Å². The minimum absolute atomic E-state index is 0.0516. The Hall–Kier alpha value is -3.13. The Kier molecular flexibility index (Phi) is 4.28. The monoisotopic (exact) mass is 358 g/mol. The van der Waals surface area contributed by atoms with Crippen molar-refractivity contribution < 1.29 is 18.1 Å². The fraction of sp³-hybridized carbons (Fsp3) is 0.0588. The number of ether oxygens (including phenoxy) is 1. The molecule has 0 aromatic heterocycles. The van der Waals surface area contributed by atoms with Crippen LogP contribution in [0.5, 0.6) is 5.75 Å². The third-order valence-electron chi connectivity index (χ3n) is 3.69. The van der Waals surface area contributed by atoms with Crippen LogP contribution < -0.4 is 9.46 Å². The van der Waals surface area contributed by atoms with E-state index in [0.29, 0.717) is 5.39 Å². The summed E-state index contributed by atoms with van der Waals surface area (Å²) in [4.78, 5) is 10.6. The minimum atomic E-state index is -4.01. The number of nitro benzene ring substituents is 1. The van der Waals surface area contributed by atoms with Gasteiger partial charge in [-0.1, -0.05) is 36.4 Å². The van der Waals surface area contributed by atoms with E-state index in [2.05, 4.69) is 4.72 Å². The molecule has 3 aromatic rings. The second-order valence-corrected chi connectivity index (χ2v) is 6.87. The first-order valence-corrected chi connectivity index (χ1v) is 8.74. The zero-order valence-corrected chi connectivity index (χ0v) is 14.0. The van der Waals surface area contributed by atoms with Crippen LogP contribution in [0.4, 0.5) is 11.4 Å². The summed E-state index contributed by atoms with van der Waals surface area (Å²) in [7, 11) is -2.64. The zero-order valence-electron chi connectivity index (χ0n) is 13.2. The summed E-state index contributed by atoms with van der Waals surface area (Å²) in [5, 5.41) is 12.5. The van der Waals surface area contributed by atoms with Crippen molar-refractivity contribution in [2.24, 2.45) is 0 Å². The maximum Gasteiger partial charge on any atom is 0.297 e. The van der Waals surface area contributed by atoms with Gasteiger partial charge in [-0.05, 0) is 23.6 Å². The van der Waals surface area contributed by atoms with Gasteiger partial charge in [-0.2, -0.15) is 0 Å². The highest BCUT2D eigenvalue weighted by Crippen LogP contribution is 2.32. The van der Waals surface area contributed by atoms with Crippen molar-refractivity contribution in [2.45, 2.75) is 4.90 Å². The normalized spacial score (nSPS) is 11.2. The number of hydrogen-bond donors (Lipinski definition) is 1. The molecule has 0 radical (unpaired) electrons. The summed E-state index contributed by atoms with van der Waals surface area (Å²) < 4.78 is 32.8. The van der Waals surface area contributed by atoms with Gasteiger partial charge < -0.3 is 4.74 Å². The predicted molar refractivity (Wildman–Crippen MR) is 94.4 cm³/mol. The molecule has 0 amide bonds. The summed E-state index contributed by atoms with van der Waals surface area (Å²) in [6.45, 7) is 0. The van der Waals surface area contributed by atoms with E-state index in [0.717, 1.165) is 5.39 Å². The molecule has 0 saturated carbocycles. The summed E-state index contributed by atoms with van der Waals surface area (Å²) >= 11 is 0. The Morgan fingerprint density at radius 2 is 1.76 bits per heavy atom. The molecule has 0 atom stereocenters. The zero-order chi connectivity index (χ0) is 18.0. The fourth-order valence-electron chi connectivity index (χ4n) is 2.51. The molecule has 0 saturated heterocycles. The largest absolute Gasteiger partial charge is 0.496 e. The van der Waals surface area contributed by atoms with Gasteiger partial charge in [-0.15, -0.1) is 0 Å². The van der Waals surface area contributed by atoms with Crippen molar-refractivity contribution in [3.8, 4) is 5.75 Å². The van der Waals surface area contributed by atoms with Crippen LogP contribution in [0, 0.1) is 10.1 Å². The first-order valence-electron chi connectivity index (χ1n) is 7.25. The van der Waals surface area contributed by atoms with Crippen LogP contribution in [0.3, 0.4) is 0 Å². The number of fused-ring (bicyclic) bond motifs is 1. The molecule has 0 aliphatic rings. The number of hydrogen-bond acceptors (Lipinski definition) is 5. The first-order chi connectivity index (χ1) is 11.9. The number of benzene rings is 3. The van der Waals surface area contributed by atoms with Gasteiger partial charge in [0, 0.05) is 5.39 Å². The minimum Gasteiger partial charge on any atom is -0.496 e. The van der Waals surface area contributed by atoms with Gasteiger partial charge in [0.15, 0.2) is 0 Å². The summed E-state index contributed by atoms with van der Waals surface area (Å²) in [5.41, 5.74) is -0.512. The lowest BCUT2D eigenvalue weighted by Gasteiger charge is -2.11. The van der Waals surface area contributed by atoms with Gasteiger partial charge in [0.1, 0.15) is 11.4 Å². The van der Waals surface area contributed by atoms with Crippen LogP contribution in [0.15, 0.2) is 65.6 Å². The summed E-state index contributed by atoms with van der Waals surface area (Å²) in [6.07, 6.45) is 0.